The molecule has 12 aromatic rings. The number of aromatic nitrogens is 1. The molecule has 0 aliphatic heterocycles. The molecule has 0 aliphatic rings. The lowest BCUT2D eigenvalue weighted by molar-refractivity contribution is 0.669. The minimum absolute atomic E-state index is 0.842. The first-order chi connectivity index (χ1) is 27.8. The van der Waals surface area contributed by atoms with Crippen LogP contribution in [0.25, 0.3) is 93.3 Å². The van der Waals surface area contributed by atoms with Crippen molar-refractivity contribution in [3.05, 3.63) is 194 Å². The van der Waals surface area contributed by atoms with Crippen LogP contribution in [0.15, 0.2) is 203 Å². The Balaban J connectivity index is 1.18. The molecule has 0 radical (unpaired) electrons. The van der Waals surface area contributed by atoms with Crippen LogP contribution >= 0.6 is 0 Å². The van der Waals surface area contributed by atoms with Crippen molar-refractivity contribution in [2.24, 2.45) is 0 Å². The molecule has 0 unspecified atom stereocenters. The van der Waals surface area contributed by atoms with Gasteiger partial charge in [-0.05, 0) is 77.7 Å². The number of hydrogen-bond acceptors (Lipinski definition) is 3. The van der Waals surface area contributed by atoms with E-state index >= 15 is 0 Å². The molecule has 0 saturated heterocycles. The second kappa shape index (κ2) is 12.0. The first-order valence-corrected chi connectivity index (χ1v) is 19.0. The molecule has 9 aromatic carbocycles. The normalized spacial score (nSPS) is 11.9. The molecule has 4 nitrogen and oxygen atoms in total. The maximum absolute atomic E-state index is 6.79. The Morgan fingerprint density at radius 2 is 0.982 bits per heavy atom. The third kappa shape index (κ3) is 4.47. The number of rotatable bonds is 5. The topological polar surface area (TPSA) is 34.5 Å². The molecule has 12 rings (SSSR count). The highest BCUT2D eigenvalue weighted by molar-refractivity contribution is 6.20. The van der Waals surface area contributed by atoms with Crippen LogP contribution in [0.2, 0.25) is 0 Å². The molecule has 0 aliphatic carbocycles. The average Bonchev–Trinajstić information content (AvgIpc) is 3.94. The zero-order chi connectivity index (χ0) is 36.7. The minimum Gasteiger partial charge on any atom is -0.456 e. The van der Waals surface area contributed by atoms with Gasteiger partial charge in [0.1, 0.15) is 22.3 Å². The van der Waals surface area contributed by atoms with Gasteiger partial charge in [0.15, 0.2) is 0 Å². The van der Waals surface area contributed by atoms with Gasteiger partial charge in [0.25, 0.3) is 0 Å². The zero-order valence-electron chi connectivity index (χ0n) is 30.2. The molecule has 0 fully saturated rings. The monoisotopic (exact) mass is 716 g/mol. The quantitative estimate of drug-likeness (QED) is 0.178. The molecule has 3 heterocycles. The van der Waals surface area contributed by atoms with Crippen molar-refractivity contribution in [3.8, 4) is 16.8 Å². The van der Waals surface area contributed by atoms with Gasteiger partial charge in [-0.3, -0.25) is 0 Å². The number of para-hydroxylation sites is 6. The van der Waals surface area contributed by atoms with E-state index in [2.05, 4.69) is 191 Å². The molecule has 0 atom stereocenters. The number of nitrogens with zero attached hydrogens (tertiary/aromatic N) is 2. The van der Waals surface area contributed by atoms with Gasteiger partial charge in [-0.25, -0.2) is 0 Å². The lowest BCUT2D eigenvalue weighted by Crippen LogP contribution is -2.14. The van der Waals surface area contributed by atoms with E-state index < -0.39 is 0 Å². The summed E-state index contributed by atoms with van der Waals surface area (Å²) in [4.78, 5) is 2.43. The summed E-state index contributed by atoms with van der Waals surface area (Å²) >= 11 is 0. The highest BCUT2D eigenvalue weighted by Crippen LogP contribution is 2.49. The highest BCUT2D eigenvalue weighted by Gasteiger charge is 2.26. The Kier molecular flexibility index (Phi) is 6.60. The standard InChI is InChI=1S/C52H32N2O2/c1-2-16-36-33(14-1)28-31-41-51-47(25-13-27-49(51)56-52(36)41)54(42-20-7-3-15-35(42)34-29-30-40-39-19-6-12-26-48(39)55-50(40)32-34)46-24-11-10-23-45(46)53-43-21-8-4-17-37(43)38-18-5-9-22-44(38)53/h1-32H. The Morgan fingerprint density at radius 3 is 1.82 bits per heavy atom. The summed E-state index contributed by atoms with van der Waals surface area (Å²) in [7, 11) is 0. The van der Waals surface area contributed by atoms with Crippen LogP contribution in [0.4, 0.5) is 17.1 Å². The summed E-state index contributed by atoms with van der Waals surface area (Å²) < 4.78 is 15.6. The van der Waals surface area contributed by atoms with Crippen molar-refractivity contribution in [2.75, 3.05) is 4.90 Å². The fourth-order valence-corrected chi connectivity index (χ4v) is 8.94. The largest absolute Gasteiger partial charge is 0.456 e. The van der Waals surface area contributed by atoms with E-state index in [-0.39, 0.29) is 0 Å². The van der Waals surface area contributed by atoms with Gasteiger partial charge in [-0.2, -0.15) is 0 Å². The van der Waals surface area contributed by atoms with Crippen molar-refractivity contribution in [3.63, 3.8) is 0 Å². The number of benzene rings is 9. The van der Waals surface area contributed by atoms with Gasteiger partial charge >= 0.3 is 0 Å². The third-order valence-corrected chi connectivity index (χ3v) is 11.4. The molecule has 4 heteroatoms. The summed E-state index contributed by atoms with van der Waals surface area (Å²) in [6, 6.07) is 69.0. The third-order valence-electron chi connectivity index (χ3n) is 11.4. The summed E-state index contributed by atoms with van der Waals surface area (Å²) in [5.74, 6) is 0. The van der Waals surface area contributed by atoms with Crippen LogP contribution in [0.5, 0.6) is 0 Å². The van der Waals surface area contributed by atoms with Gasteiger partial charge in [0.05, 0.1) is 39.2 Å². The molecule has 3 aromatic heterocycles. The smallest absolute Gasteiger partial charge is 0.143 e. The minimum atomic E-state index is 0.842. The van der Waals surface area contributed by atoms with Crippen LogP contribution in [0, 0.1) is 0 Å². The van der Waals surface area contributed by atoms with Crippen LogP contribution in [0.1, 0.15) is 0 Å². The molecular formula is C52H32N2O2. The second-order valence-corrected chi connectivity index (χ2v) is 14.4. The Morgan fingerprint density at radius 1 is 0.375 bits per heavy atom. The van der Waals surface area contributed by atoms with Crippen molar-refractivity contribution in [1.29, 1.82) is 0 Å². The number of anilines is 3. The molecule has 262 valence electrons. The van der Waals surface area contributed by atoms with Gasteiger partial charge in [0, 0.05) is 37.9 Å². The number of furan rings is 2. The molecular weight excluding hydrogens is 685 g/mol. The van der Waals surface area contributed by atoms with Crippen LogP contribution in [-0.2, 0) is 0 Å². The van der Waals surface area contributed by atoms with E-state index in [9.17, 15) is 0 Å². The molecule has 0 N–H and O–H groups in total. The van der Waals surface area contributed by atoms with Gasteiger partial charge < -0.3 is 18.3 Å². The van der Waals surface area contributed by atoms with E-state index in [1.54, 1.807) is 0 Å². The second-order valence-electron chi connectivity index (χ2n) is 14.4. The lowest BCUT2D eigenvalue weighted by Gasteiger charge is -2.30. The predicted molar refractivity (Wildman–Crippen MR) is 233 cm³/mol. The fourth-order valence-electron chi connectivity index (χ4n) is 8.94. The van der Waals surface area contributed by atoms with Gasteiger partial charge in [0.2, 0.25) is 0 Å². The molecule has 0 saturated carbocycles. The van der Waals surface area contributed by atoms with E-state index in [1.807, 2.05) is 12.1 Å². The van der Waals surface area contributed by atoms with Crippen molar-refractivity contribution in [2.45, 2.75) is 0 Å². The molecule has 0 amide bonds. The SMILES string of the molecule is c1ccc(N(c2ccccc2-n2c3ccccc3c3ccccc32)c2cccc3oc4c5ccccc5ccc4c23)c(-c2ccc3c(c2)oc2ccccc23)c1. The maximum Gasteiger partial charge on any atom is 0.143 e. The Bertz CT molecular complexity index is 3460. The van der Waals surface area contributed by atoms with Crippen molar-refractivity contribution >= 4 is 93.5 Å². The lowest BCUT2D eigenvalue weighted by atomic mass is 9.99. The summed E-state index contributed by atoms with van der Waals surface area (Å²) in [5.41, 5.74) is 12.1. The first-order valence-electron chi connectivity index (χ1n) is 19.0. The Hall–Kier alpha value is -7.56. The van der Waals surface area contributed by atoms with Crippen LogP contribution < -0.4 is 4.90 Å². The summed E-state index contributed by atoms with van der Waals surface area (Å²) in [6.45, 7) is 0. The van der Waals surface area contributed by atoms with E-state index in [4.69, 9.17) is 8.83 Å². The Labute approximate surface area is 321 Å². The van der Waals surface area contributed by atoms with E-state index in [1.165, 1.54) is 10.8 Å². The van der Waals surface area contributed by atoms with E-state index in [0.29, 0.717) is 0 Å². The number of hydrogen-bond donors (Lipinski definition) is 0. The van der Waals surface area contributed by atoms with Crippen LogP contribution in [-0.4, -0.2) is 4.57 Å². The predicted octanol–water partition coefficient (Wildman–Crippen LogP) is 14.9. The van der Waals surface area contributed by atoms with Crippen molar-refractivity contribution < 1.29 is 8.83 Å². The maximum atomic E-state index is 6.79. The van der Waals surface area contributed by atoms with Crippen LogP contribution in [0.3, 0.4) is 0 Å². The highest BCUT2D eigenvalue weighted by atomic mass is 16.3. The molecule has 0 spiro atoms. The van der Waals surface area contributed by atoms with Gasteiger partial charge in [-0.15, -0.1) is 0 Å². The van der Waals surface area contributed by atoms with Gasteiger partial charge in [-0.1, -0.05) is 127 Å². The molecule has 0 bridgehead atoms. The fraction of sp³-hybridized carbons (Fsp3) is 0. The zero-order valence-corrected chi connectivity index (χ0v) is 30.2. The van der Waals surface area contributed by atoms with Crippen molar-refractivity contribution in [1.82, 2.24) is 4.57 Å². The first kappa shape index (κ1) is 30.9. The number of fused-ring (bicyclic) bond motifs is 11. The summed E-state index contributed by atoms with van der Waals surface area (Å²) in [5, 5.41) is 9.07. The summed E-state index contributed by atoms with van der Waals surface area (Å²) in [6.07, 6.45) is 0. The van der Waals surface area contributed by atoms with E-state index in [0.717, 1.165) is 99.6 Å². The average molecular weight is 717 g/mol. The molecule has 56 heavy (non-hydrogen) atoms.